The number of nitrogens with one attached hydrogen (secondary N) is 1. The van der Waals surface area contributed by atoms with Crippen LogP contribution in [0, 0.1) is 5.92 Å². The number of hydrogen-bond acceptors (Lipinski definition) is 3. The molecule has 1 aromatic carbocycles. The smallest absolute Gasteiger partial charge is 0.307 e. The van der Waals surface area contributed by atoms with Crippen molar-refractivity contribution >= 4 is 23.3 Å². The maximum Gasteiger partial charge on any atom is 0.307 e. The molecule has 1 fully saturated rings. The number of carboxylic acids is 1. The molecule has 1 heterocycles. The highest BCUT2D eigenvalue weighted by molar-refractivity contribution is 6.31. The number of benzene rings is 1. The Labute approximate surface area is 127 Å². The molecule has 5 nitrogen and oxygen atoms in total. The number of anilines is 1. The molecule has 2 N–H and O–H groups in total. The van der Waals surface area contributed by atoms with E-state index in [-0.39, 0.29) is 11.8 Å². The van der Waals surface area contributed by atoms with Gasteiger partial charge in [0, 0.05) is 12.7 Å². The van der Waals surface area contributed by atoms with Gasteiger partial charge in [-0.2, -0.15) is 5.10 Å². The van der Waals surface area contributed by atoms with Crippen molar-refractivity contribution < 1.29 is 9.90 Å². The van der Waals surface area contributed by atoms with Crippen LogP contribution in [0.3, 0.4) is 0 Å². The van der Waals surface area contributed by atoms with E-state index in [4.69, 9.17) is 16.7 Å². The average molecular weight is 306 g/mol. The predicted molar refractivity (Wildman–Crippen MR) is 80.5 cm³/mol. The minimum absolute atomic E-state index is 0.170. The van der Waals surface area contributed by atoms with E-state index in [9.17, 15) is 4.79 Å². The Morgan fingerprint density at radius 2 is 2.19 bits per heavy atom. The molecular formula is C15H16ClN3O2. The van der Waals surface area contributed by atoms with Crippen LogP contribution in [-0.4, -0.2) is 20.9 Å². The van der Waals surface area contributed by atoms with E-state index in [1.807, 2.05) is 31.3 Å². The second kappa shape index (κ2) is 5.41. The molecule has 2 aromatic rings. The summed E-state index contributed by atoms with van der Waals surface area (Å²) in [5.41, 5.74) is 2.99. The van der Waals surface area contributed by atoms with Crippen molar-refractivity contribution in [3.05, 3.63) is 46.7 Å². The standard InChI is InChI=1S/C15H16ClN3O2/c1-19-14(13(16)7-18-19)8-17-10-4-2-9(3-5-10)11-6-12(11)15(20)21/h2-5,7,11-12,17H,6,8H2,1H3,(H,20,21)/t11-,12+/m0/s1. The maximum absolute atomic E-state index is 10.9. The molecule has 2 atom stereocenters. The molecule has 1 aliphatic rings. The lowest BCUT2D eigenvalue weighted by molar-refractivity contribution is -0.138. The van der Waals surface area contributed by atoms with Gasteiger partial charge in [0.1, 0.15) is 0 Å². The van der Waals surface area contributed by atoms with Crippen molar-refractivity contribution in [3.63, 3.8) is 0 Å². The molecule has 0 unspecified atom stereocenters. The van der Waals surface area contributed by atoms with Crippen LogP contribution >= 0.6 is 11.6 Å². The van der Waals surface area contributed by atoms with Gasteiger partial charge in [0.15, 0.2) is 0 Å². The maximum atomic E-state index is 10.9. The summed E-state index contributed by atoms with van der Waals surface area (Å²) in [5, 5.41) is 17.0. The number of rotatable bonds is 5. The first-order chi connectivity index (χ1) is 10.1. The van der Waals surface area contributed by atoms with Crippen LogP contribution < -0.4 is 5.32 Å². The van der Waals surface area contributed by atoms with Crippen LogP contribution in [0.2, 0.25) is 5.02 Å². The molecule has 1 aliphatic carbocycles. The lowest BCUT2D eigenvalue weighted by Gasteiger charge is -2.08. The van der Waals surface area contributed by atoms with E-state index in [1.54, 1.807) is 10.9 Å². The highest BCUT2D eigenvalue weighted by atomic mass is 35.5. The first-order valence-electron chi connectivity index (χ1n) is 6.79. The Kier molecular flexibility index (Phi) is 3.59. The van der Waals surface area contributed by atoms with Crippen molar-refractivity contribution in [1.29, 1.82) is 0 Å². The highest BCUT2D eigenvalue weighted by Gasteiger charge is 2.43. The van der Waals surface area contributed by atoms with Gasteiger partial charge in [0.05, 0.1) is 29.4 Å². The topological polar surface area (TPSA) is 67.2 Å². The first-order valence-corrected chi connectivity index (χ1v) is 7.17. The molecule has 0 radical (unpaired) electrons. The predicted octanol–water partition coefficient (Wildman–Crippen LogP) is 2.87. The second-order valence-electron chi connectivity index (χ2n) is 5.33. The van der Waals surface area contributed by atoms with E-state index in [1.165, 1.54) is 0 Å². The van der Waals surface area contributed by atoms with Gasteiger partial charge in [-0.25, -0.2) is 0 Å². The minimum Gasteiger partial charge on any atom is -0.481 e. The van der Waals surface area contributed by atoms with E-state index in [0.717, 1.165) is 23.4 Å². The SMILES string of the molecule is Cn1ncc(Cl)c1CNc1ccc([C@@H]2C[C@H]2C(=O)O)cc1. The van der Waals surface area contributed by atoms with Gasteiger partial charge in [-0.15, -0.1) is 0 Å². The number of hydrogen-bond donors (Lipinski definition) is 2. The molecule has 21 heavy (non-hydrogen) atoms. The van der Waals surface area contributed by atoms with Crippen LogP contribution in [0.1, 0.15) is 23.6 Å². The Hall–Kier alpha value is -2.01. The van der Waals surface area contributed by atoms with Crippen LogP contribution in [0.4, 0.5) is 5.69 Å². The summed E-state index contributed by atoms with van der Waals surface area (Å²) in [6.07, 6.45) is 2.37. The normalized spacial score (nSPS) is 20.3. The molecule has 0 saturated heterocycles. The number of nitrogens with zero attached hydrogens (tertiary/aromatic N) is 2. The van der Waals surface area contributed by atoms with Crippen molar-refractivity contribution in [2.75, 3.05) is 5.32 Å². The third-order valence-electron chi connectivity index (χ3n) is 3.92. The van der Waals surface area contributed by atoms with Crippen LogP contribution in [0.5, 0.6) is 0 Å². The molecule has 6 heteroatoms. The molecule has 0 bridgehead atoms. The lowest BCUT2D eigenvalue weighted by Crippen LogP contribution is -2.06. The molecule has 0 aliphatic heterocycles. The number of carboxylic acid groups (broad SMARTS) is 1. The molecular weight excluding hydrogens is 290 g/mol. The van der Waals surface area contributed by atoms with E-state index in [0.29, 0.717) is 11.6 Å². The first kappa shape index (κ1) is 13.9. The van der Waals surface area contributed by atoms with Crippen molar-refractivity contribution in [1.82, 2.24) is 9.78 Å². The summed E-state index contributed by atoms with van der Waals surface area (Å²) in [6, 6.07) is 7.91. The quantitative estimate of drug-likeness (QED) is 0.891. The molecule has 3 rings (SSSR count). The van der Waals surface area contributed by atoms with Crippen molar-refractivity contribution in [3.8, 4) is 0 Å². The van der Waals surface area contributed by atoms with Gasteiger partial charge in [-0.05, 0) is 30.0 Å². The monoisotopic (exact) mass is 305 g/mol. The van der Waals surface area contributed by atoms with Crippen LogP contribution in [0.25, 0.3) is 0 Å². The number of halogens is 1. The summed E-state index contributed by atoms with van der Waals surface area (Å²) in [4.78, 5) is 10.9. The summed E-state index contributed by atoms with van der Waals surface area (Å²) in [6.45, 7) is 0.593. The van der Waals surface area contributed by atoms with Gasteiger partial charge in [-0.1, -0.05) is 23.7 Å². The Bertz CT molecular complexity index is 647. The summed E-state index contributed by atoms with van der Waals surface area (Å²) in [5.74, 6) is -0.742. The van der Waals surface area contributed by atoms with Gasteiger partial charge in [0.2, 0.25) is 0 Å². The molecule has 110 valence electrons. The zero-order valence-electron chi connectivity index (χ0n) is 11.6. The fraction of sp³-hybridized carbons (Fsp3) is 0.333. The van der Waals surface area contributed by atoms with Gasteiger partial charge in [0.25, 0.3) is 0 Å². The van der Waals surface area contributed by atoms with Gasteiger partial charge in [-0.3, -0.25) is 9.48 Å². The van der Waals surface area contributed by atoms with Crippen LogP contribution in [-0.2, 0) is 18.4 Å². The van der Waals surface area contributed by atoms with E-state index in [2.05, 4.69) is 10.4 Å². The fourth-order valence-corrected chi connectivity index (χ4v) is 2.74. The van der Waals surface area contributed by atoms with Crippen molar-refractivity contribution in [2.24, 2.45) is 13.0 Å². The minimum atomic E-state index is -0.701. The van der Waals surface area contributed by atoms with Crippen molar-refractivity contribution in [2.45, 2.75) is 18.9 Å². The number of aryl methyl sites for hydroxylation is 1. The molecule has 1 saturated carbocycles. The number of carbonyl (C=O) groups is 1. The zero-order chi connectivity index (χ0) is 15.0. The third kappa shape index (κ3) is 2.88. The summed E-state index contributed by atoms with van der Waals surface area (Å²) in [7, 11) is 1.85. The fourth-order valence-electron chi connectivity index (χ4n) is 2.51. The van der Waals surface area contributed by atoms with E-state index >= 15 is 0 Å². The molecule has 0 amide bonds. The third-order valence-corrected chi connectivity index (χ3v) is 4.23. The number of aromatic nitrogens is 2. The summed E-state index contributed by atoms with van der Waals surface area (Å²) >= 11 is 6.05. The van der Waals surface area contributed by atoms with Gasteiger partial charge >= 0.3 is 5.97 Å². The Morgan fingerprint density at radius 3 is 2.71 bits per heavy atom. The summed E-state index contributed by atoms with van der Waals surface area (Å²) < 4.78 is 1.74. The van der Waals surface area contributed by atoms with Crippen LogP contribution in [0.15, 0.2) is 30.5 Å². The average Bonchev–Trinajstić information content (AvgIpc) is 3.20. The number of aliphatic carboxylic acids is 1. The molecule has 1 aromatic heterocycles. The lowest BCUT2D eigenvalue weighted by atomic mass is 10.1. The van der Waals surface area contributed by atoms with E-state index < -0.39 is 5.97 Å². The Morgan fingerprint density at radius 1 is 1.48 bits per heavy atom. The largest absolute Gasteiger partial charge is 0.481 e. The Balaban J connectivity index is 1.62. The highest BCUT2D eigenvalue weighted by Crippen LogP contribution is 2.47. The molecule has 0 spiro atoms. The second-order valence-corrected chi connectivity index (χ2v) is 5.73. The zero-order valence-corrected chi connectivity index (χ0v) is 12.3. The van der Waals surface area contributed by atoms with Gasteiger partial charge < -0.3 is 10.4 Å².